The lowest BCUT2D eigenvalue weighted by Gasteiger charge is -2.21. The van der Waals surface area contributed by atoms with Crippen molar-refractivity contribution in [1.29, 1.82) is 0 Å². The number of aromatic carboxylic acids is 1. The molecule has 0 amide bonds. The van der Waals surface area contributed by atoms with E-state index in [2.05, 4.69) is 0 Å². The van der Waals surface area contributed by atoms with Gasteiger partial charge in [0.15, 0.2) is 0 Å². The summed E-state index contributed by atoms with van der Waals surface area (Å²) < 4.78 is 10.2. The Morgan fingerprint density at radius 2 is 2.11 bits per heavy atom. The Bertz CT molecular complexity index is 576. The normalized spacial score (nSPS) is 10.2. The van der Waals surface area contributed by atoms with Gasteiger partial charge in [-0.3, -0.25) is 0 Å². The summed E-state index contributed by atoms with van der Waals surface area (Å²) in [6.45, 7) is 0.429. The van der Waals surface area contributed by atoms with Crippen molar-refractivity contribution in [2.45, 2.75) is 6.54 Å². The van der Waals surface area contributed by atoms with Gasteiger partial charge in [0.25, 0.3) is 0 Å². The van der Waals surface area contributed by atoms with Crippen molar-refractivity contribution in [3.63, 3.8) is 0 Å². The molecule has 100 valence electrons. The van der Waals surface area contributed by atoms with Crippen molar-refractivity contribution >= 4 is 11.7 Å². The van der Waals surface area contributed by atoms with Crippen LogP contribution in [-0.4, -0.2) is 25.2 Å². The molecular formula is C14H15NO4. The smallest absolute Gasteiger partial charge is 0.372 e. The van der Waals surface area contributed by atoms with E-state index in [0.29, 0.717) is 12.1 Å². The summed E-state index contributed by atoms with van der Waals surface area (Å²) in [4.78, 5) is 12.9. The SMILES string of the molecule is COc1ccccc1N(C)Cc1ccoc1C(=O)O. The Hall–Kier alpha value is -2.43. The number of benzene rings is 1. The molecule has 0 radical (unpaired) electrons. The molecule has 1 N–H and O–H groups in total. The lowest BCUT2D eigenvalue weighted by molar-refractivity contribution is 0.0661. The van der Waals surface area contributed by atoms with E-state index in [1.807, 2.05) is 36.2 Å². The summed E-state index contributed by atoms with van der Waals surface area (Å²) in [6.07, 6.45) is 1.38. The molecule has 0 aliphatic heterocycles. The molecule has 0 fully saturated rings. The summed E-state index contributed by atoms with van der Waals surface area (Å²) in [5, 5.41) is 9.00. The molecule has 5 heteroatoms. The summed E-state index contributed by atoms with van der Waals surface area (Å²) >= 11 is 0. The molecule has 0 unspecified atom stereocenters. The number of hydrogen-bond donors (Lipinski definition) is 1. The Labute approximate surface area is 111 Å². The quantitative estimate of drug-likeness (QED) is 0.896. The molecule has 0 saturated carbocycles. The summed E-state index contributed by atoms with van der Waals surface area (Å²) in [5.41, 5.74) is 1.52. The van der Waals surface area contributed by atoms with Gasteiger partial charge in [-0.2, -0.15) is 0 Å². The fourth-order valence-electron chi connectivity index (χ4n) is 1.93. The number of hydrogen-bond acceptors (Lipinski definition) is 4. The van der Waals surface area contributed by atoms with E-state index in [4.69, 9.17) is 14.3 Å². The highest BCUT2D eigenvalue weighted by Crippen LogP contribution is 2.28. The molecule has 0 saturated heterocycles. The van der Waals surface area contributed by atoms with Crippen LogP contribution in [0.1, 0.15) is 16.1 Å². The van der Waals surface area contributed by atoms with Gasteiger partial charge in [-0.1, -0.05) is 12.1 Å². The lowest BCUT2D eigenvalue weighted by Crippen LogP contribution is -2.18. The minimum atomic E-state index is -1.06. The van der Waals surface area contributed by atoms with E-state index in [1.54, 1.807) is 13.2 Å². The maximum absolute atomic E-state index is 11.0. The predicted molar refractivity (Wildman–Crippen MR) is 70.8 cm³/mol. The highest BCUT2D eigenvalue weighted by molar-refractivity contribution is 5.86. The first-order valence-electron chi connectivity index (χ1n) is 5.77. The molecule has 1 aromatic heterocycles. The molecule has 0 atom stereocenters. The maximum Gasteiger partial charge on any atom is 0.372 e. The number of carboxylic acids is 1. The van der Waals surface area contributed by atoms with Gasteiger partial charge in [0, 0.05) is 19.2 Å². The molecule has 19 heavy (non-hydrogen) atoms. The van der Waals surface area contributed by atoms with E-state index < -0.39 is 5.97 Å². The average Bonchev–Trinajstić information content (AvgIpc) is 2.87. The molecule has 0 aliphatic rings. The van der Waals surface area contributed by atoms with E-state index in [1.165, 1.54) is 6.26 Å². The van der Waals surface area contributed by atoms with Crippen LogP contribution in [0, 0.1) is 0 Å². The topological polar surface area (TPSA) is 62.9 Å². The van der Waals surface area contributed by atoms with Crippen molar-refractivity contribution in [1.82, 2.24) is 0 Å². The van der Waals surface area contributed by atoms with Gasteiger partial charge >= 0.3 is 5.97 Å². The largest absolute Gasteiger partial charge is 0.495 e. The first kappa shape index (κ1) is 13.0. The Balaban J connectivity index is 2.23. The number of anilines is 1. The van der Waals surface area contributed by atoms with Crippen molar-refractivity contribution in [2.24, 2.45) is 0 Å². The van der Waals surface area contributed by atoms with Crippen molar-refractivity contribution < 1.29 is 19.1 Å². The van der Waals surface area contributed by atoms with Gasteiger partial charge in [0.1, 0.15) is 5.75 Å². The minimum Gasteiger partial charge on any atom is -0.495 e. The number of rotatable bonds is 5. The molecule has 1 aromatic carbocycles. The molecule has 0 bridgehead atoms. The van der Waals surface area contributed by atoms with Crippen LogP contribution in [0.15, 0.2) is 41.0 Å². The van der Waals surface area contributed by atoms with E-state index in [9.17, 15) is 4.79 Å². The average molecular weight is 261 g/mol. The van der Waals surface area contributed by atoms with Gasteiger partial charge in [0.2, 0.25) is 5.76 Å². The predicted octanol–water partition coefficient (Wildman–Crippen LogP) is 2.62. The first-order chi connectivity index (χ1) is 9.13. The van der Waals surface area contributed by atoms with E-state index >= 15 is 0 Å². The lowest BCUT2D eigenvalue weighted by atomic mass is 10.2. The highest BCUT2D eigenvalue weighted by atomic mass is 16.5. The van der Waals surface area contributed by atoms with Crippen molar-refractivity contribution in [3.8, 4) is 5.75 Å². The Morgan fingerprint density at radius 1 is 1.37 bits per heavy atom. The maximum atomic E-state index is 11.0. The van der Waals surface area contributed by atoms with Crippen LogP contribution < -0.4 is 9.64 Å². The monoisotopic (exact) mass is 261 g/mol. The third kappa shape index (κ3) is 2.70. The Kier molecular flexibility index (Phi) is 3.75. The summed E-state index contributed by atoms with van der Waals surface area (Å²) in [5.74, 6) is -0.347. The third-order valence-electron chi connectivity index (χ3n) is 2.84. The fraction of sp³-hybridized carbons (Fsp3) is 0.214. The number of furan rings is 1. The zero-order chi connectivity index (χ0) is 13.8. The molecule has 2 rings (SSSR count). The van der Waals surface area contributed by atoms with Gasteiger partial charge in [-0.15, -0.1) is 0 Å². The van der Waals surface area contributed by atoms with E-state index in [0.717, 1.165) is 11.4 Å². The standard InChI is InChI=1S/C14H15NO4/c1-15(11-5-3-4-6-12(11)18-2)9-10-7-8-19-13(10)14(16)17/h3-8H,9H2,1-2H3,(H,16,17). The second-order valence-electron chi connectivity index (χ2n) is 4.11. The van der Waals surface area contributed by atoms with Gasteiger partial charge < -0.3 is 19.2 Å². The van der Waals surface area contributed by atoms with Gasteiger partial charge in [-0.05, 0) is 18.2 Å². The number of carbonyl (C=O) groups is 1. The zero-order valence-corrected chi connectivity index (χ0v) is 10.8. The molecule has 2 aromatic rings. The summed E-state index contributed by atoms with van der Waals surface area (Å²) in [7, 11) is 3.48. The number of ether oxygens (including phenoxy) is 1. The first-order valence-corrected chi connectivity index (χ1v) is 5.77. The third-order valence-corrected chi connectivity index (χ3v) is 2.84. The Morgan fingerprint density at radius 3 is 2.79 bits per heavy atom. The molecule has 1 heterocycles. The van der Waals surface area contributed by atoms with Gasteiger partial charge in [-0.25, -0.2) is 4.79 Å². The number of nitrogens with zero attached hydrogens (tertiary/aromatic N) is 1. The van der Waals surface area contributed by atoms with Crippen LogP contribution in [-0.2, 0) is 6.54 Å². The van der Waals surface area contributed by atoms with Gasteiger partial charge in [0.05, 0.1) is 19.1 Å². The fourth-order valence-corrected chi connectivity index (χ4v) is 1.93. The minimum absolute atomic E-state index is 0.0262. The molecule has 5 nitrogen and oxygen atoms in total. The second-order valence-corrected chi connectivity index (χ2v) is 4.11. The van der Waals surface area contributed by atoms with Crippen molar-refractivity contribution in [3.05, 3.63) is 47.9 Å². The van der Waals surface area contributed by atoms with Crippen LogP contribution in [0.4, 0.5) is 5.69 Å². The van der Waals surface area contributed by atoms with Crippen molar-refractivity contribution in [2.75, 3.05) is 19.1 Å². The number of para-hydroxylation sites is 2. The zero-order valence-electron chi connectivity index (χ0n) is 10.8. The van der Waals surface area contributed by atoms with Crippen LogP contribution in [0.3, 0.4) is 0 Å². The molecule has 0 aliphatic carbocycles. The number of methoxy groups -OCH3 is 1. The van der Waals surface area contributed by atoms with Crippen LogP contribution in [0.25, 0.3) is 0 Å². The van der Waals surface area contributed by atoms with Crippen LogP contribution in [0.5, 0.6) is 5.75 Å². The molecule has 0 spiro atoms. The van der Waals surface area contributed by atoms with Crippen LogP contribution >= 0.6 is 0 Å². The highest BCUT2D eigenvalue weighted by Gasteiger charge is 2.16. The van der Waals surface area contributed by atoms with Crippen LogP contribution in [0.2, 0.25) is 0 Å². The summed E-state index contributed by atoms with van der Waals surface area (Å²) in [6, 6.07) is 9.23. The number of carboxylic acid groups (broad SMARTS) is 1. The van der Waals surface area contributed by atoms with E-state index in [-0.39, 0.29) is 5.76 Å². The molecular weight excluding hydrogens is 246 g/mol. The second kappa shape index (κ2) is 5.48.